The number of terminal acetylenes is 1. The van der Waals surface area contributed by atoms with Gasteiger partial charge in [-0.15, -0.1) is 17.8 Å². The first-order valence-corrected chi connectivity index (χ1v) is 5.32. The molecule has 0 bridgehead atoms. The van der Waals surface area contributed by atoms with Crippen molar-refractivity contribution in [3.8, 4) is 12.3 Å². The SMILES string of the molecule is C#CCNCC(=O)Cc1ccc(Cl)s1. The van der Waals surface area contributed by atoms with Crippen molar-refractivity contribution < 1.29 is 4.79 Å². The molecule has 4 heteroatoms. The van der Waals surface area contributed by atoms with E-state index in [0.717, 1.165) is 4.88 Å². The Kier molecular flexibility index (Phi) is 4.68. The van der Waals surface area contributed by atoms with Gasteiger partial charge in [0.2, 0.25) is 0 Å². The molecule has 0 unspecified atom stereocenters. The number of nitrogens with one attached hydrogen (secondary N) is 1. The second-order valence-electron chi connectivity index (χ2n) is 2.73. The van der Waals surface area contributed by atoms with Gasteiger partial charge in [-0.3, -0.25) is 10.1 Å². The number of ketones is 1. The normalized spacial score (nSPS) is 9.71. The van der Waals surface area contributed by atoms with Crippen molar-refractivity contribution in [1.29, 1.82) is 0 Å². The van der Waals surface area contributed by atoms with Crippen molar-refractivity contribution in [2.24, 2.45) is 0 Å². The van der Waals surface area contributed by atoms with Gasteiger partial charge in [-0.2, -0.15) is 0 Å². The predicted octanol–water partition coefficient (Wildman–Crippen LogP) is 1.74. The highest BCUT2D eigenvalue weighted by Crippen LogP contribution is 2.21. The number of carbonyl (C=O) groups excluding carboxylic acids is 1. The highest BCUT2D eigenvalue weighted by atomic mass is 35.5. The van der Waals surface area contributed by atoms with Crippen LogP contribution in [0.25, 0.3) is 0 Å². The molecule has 0 saturated heterocycles. The highest BCUT2D eigenvalue weighted by Gasteiger charge is 2.04. The minimum Gasteiger partial charge on any atom is -0.299 e. The van der Waals surface area contributed by atoms with Gasteiger partial charge in [0.15, 0.2) is 5.78 Å². The first-order chi connectivity index (χ1) is 6.72. The predicted molar refractivity (Wildman–Crippen MR) is 59.7 cm³/mol. The van der Waals surface area contributed by atoms with Crippen LogP contribution in [-0.2, 0) is 11.2 Å². The molecule has 74 valence electrons. The molecule has 0 amide bonds. The van der Waals surface area contributed by atoms with Gasteiger partial charge in [0, 0.05) is 11.3 Å². The fourth-order valence-corrected chi connectivity index (χ4v) is 2.09. The number of halogens is 1. The average molecular weight is 228 g/mol. The minimum atomic E-state index is 0.124. The topological polar surface area (TPSA) is 29.1 Å². The van der Waals surface area contributed by atoms with E-state index in [1.54, 1.807) is 6.07 Å². The fourth-order valence-electron chi connectivity index (χ4n) is 0.978. The van der Waals surface area contributed by atoms with Gasteiger partial charge < -0.3 is 0 Å². The number of hydrogen-bond donors (Lipinski definition) is 1. The Morgan fingerprint density at radius 1 is 1.64 bits per heavy atom. The van der Waals surface area contributed by atoms with E-state index in [1.165, 1.54) is 11.3 Å². The number of hydrogen-bond acceptors (Lipinski definition) is 3. The third kappa shape index (κ3) is 3.93. The van der Waals surface area contributed by atoms with Crippen molar-refractivity contribution in [3.05, 3.63) is 21.3 Å². The molecule has 1 aromatic rings. The zero-order valence-electron chi connectivity index (χ0n) is 7.55. The molecule has 0 saturated carbocycles. The maximum Gasteiger partial charge on any atom is 0.151 e. The van der Waals surface area contributed by atoms with E-state index in [1.807, 2.05) is 6.07 Å². The lowest BCUT2D eigenvalue weighted by Gasteiger charge is -1.98. The minimum absolute atomic E-state index is 0.124. The molecule has 1 N–H and O–H groups in total. The van der Waals surface area contributed by atoms with Crippen LogP contribution < -0.4 is 5.32 Å². The second-order valence-corrected chi connectivity index (χ2v) is 4.53. The van der Waals surface area contributed by atoms with Gasteiger partial charge in [0.05, 0.1) is 17.4 Å². The Bertz CT molecular complexity index is 353. The molecule has 14 heavy (non-hydrogen) atoms. The first kappa shape index (κ1) is 11.3. The molecular formula is C10H10ClNOS. The van der Waals surface area contributed by atoms with E-state index >= 15 is 0 Å². The van der Waals surface area contributed by atoms with Crippen molar-refractivity contribution >= 4 is 28.7 Å². The maximum atomic E-state index is 11.3. The van der Waals surface area contributed by atoms with Crippen LogP contribution in [0.1, 0.15) is 4.88 Å². The summed E-state index contributed by atoms with van der Waals surface area (Å²) in [6.45, 7) is 0.747. The number of carbonyl (C=O) groups is 1. The summed E-state index contributed by atoms with van der Waals surface area (Å²) in [5.41, 5.74) is 0. The van der Waals surface area contributed by atoms with Crippen LogP contribution in [-0.4, -0.2) is 18.9 Å². The van der Waals surface area contributed by atoms with Gasteiger partial charge in [-0.1, -0.05) is 17.5 Å². The summed E-state index contributed by atoms with van der Waals surface area (Å²) < 4.78 is 0.712. The molecule has 1 aromatic heterocycles. The zero-order valence-corrected chi connectivity index (χ0v) is 9.12. The highest BCUT2D eigenvalue weighted by molar-refractivity contribution is 7.16. The molecule has 1 rings (SSSR count). The monoisotopic (exact) mass is 227 g/mol. The van der Waals surface area contributed by atoms with E-state index in [-0.39, 0.29) is 5.78 Å². The van der Waals surface area contributed by atoms with E-state index in [0.29, 0.717) is 23.8 Å². The lowest BCUT2D eigenvalue weighted by molar-refractivity contribution is -0.117. The summed E-state index contributed by atoms with van der Waals surface area (Å²) in [4.78, 5) is 12.3. The Morgan fingerprint density at radius 3 is 3.00 bits per heavy atom. The molecule has 1 heterocycles. The second kappa shape index (κ2) is 5.82. The molecule has 0 fully saturated rings. The van der Waals surface area contributed by atoms with E-state index in [2.05, 4.69) is 11.2 Å². The van der Waals surface area contributed by atoms with Gasteiger partial charge in [0.25, 0.3) is 0 Å². The molecule has 0 aliphatic carbocycles. The van der Waals surface area contributed by atoms with Gasteiger partial charge in [-0.05, 0) is 12.1 Å². The quantitative estimate of drug-likeness (QED) is 0.613. The molecule has 0 aliphatic rings. The fraction of sp³-hybridized carbons (Fsp3) is 0.300. The largest absolute Gasteiger partial charge is 0.299 e. The van der Waals surface area contributed by atoms with Crippen LogP contribution in [0.5, 0.6) is 0 Å². The van der Waals surface area contributed by atoms with Crippen molar-refractivity contribution in [1.82, 2.24) is 5.32 Å². The van der Waals surface area contributed by atoms with Crippen molar-refractivity contribution in [2.45, 2.75) is 6.42 Å². The maximum absolute atomic E-state index is 11.3. The summed E-state index contributed by atoms with van der Waals surface area (Å²) in [7, 11) is 0. The average Bonchev–Trinajstić information content (AvgIpc) is 2.52. The van der Waals surface area contributed by atoms with Crippen molar-refractivity contribution in [2.75, 3.05) is 13.1 Å². The lowest BCUT2D eigenvalue weighted by Crippen LogP contribution is -2.24. The zero-order chi connectivity index (χ0) is 10.4. The standard InChI is InChI=1S/C10H10ClNOS/c1-2-5-12-7-8(13)6-9-3-4-10(11)14-9/h1,3-4,12H,5-7H2. The summed E-state index contributed by atoms with van der Waals surface area (Å²) in [6.07, 6.45) is 5.46. The van der Waals surface area contributed by atoms with E-state index < -0.39 is 0 Å². The third-order valence-corrected chi connectivity index (χ3v) is 2.78. The van der Waals surface area contributed by atoms with Crippen LogP contribution in [0.15, 0.2) is 12.1 Å². The Labute approximate surface area is 92.3 Å². The molecule has 0 aliphatic heterocycles. The van der Waals surface area contributed by atoms with Crippen LogP contribution >= 0.6 is 22.9 Å². The van der Waals surface area contributed by atoms with Crippen LogP contribution in [0, 0.1) is 12.3 Å². The van der Waals surface area contributed by atoms with Crippen LogP contribution in [0.3, 0.4) is 0 Å². The summed E-state index contributed by atoms with van der Waals surface area (Å²) in [6, 6.07) is 3.66. The molecule has 0 radical (unpaired) electrons. The Hall–Kier alpha value is -0.820. The summed E-state index contributed by atoms with van der Waals surface area (Å²) in [5.74, 6) is 2.53. The van der Waals surface area contributed by atoms with Gasteiger partial charge >= 0.3 is 0 Å². The number of Topliss-reactive ketones (excluding diaryl/α,β-unsaturated/α-hetero) is 1. The first-order valence-electron chi connectivity index (χ1n) is 4.12. The number of thiophene rings is 1. The molecule has 0 atom stereocenters. The Morgan fingerprint density at radius 2 is 2.43 bits per heavy atom. The molecular weight excluding hydrogens is 218 g/mol. The molecule has 2 nitrogen and oxygen atoms in total. The Balaban J connectivity index is 2.31. The van der Waals surface area contributed by atoms with Crippen molar-refractivity contribution in [3.63, 3.8) is 0 Å². The molecule has 0 spiro atoms. The van der Waals surface area contributed by atoms with Crippen LogP contribution in [0.2, 0.25) is 4.34 Å². The van der Waals surface area contributed by atoms with E-state index in [9.17, 15) is 4.79 Å². The summed E-state index contributed by atoms with van der Waals surface area (Å²) in [5, 5.41) is 2.85. The summed E-state index contributed by atoms with van der Waals surface area (Å²) >= 11 is 7.17. The van der Waals surface area contributed by atoms with Crippen LogP contribution in [0.4, 0.5) is 0 Å². The van der Waals surface area contributed by atoms with Gasteiger partial charge in [-0.25, -0.2) is 0 Å². The number of rotatable bonds is 5. The van der Waals surface area contributed by atoms with E-state index in [4.69, 9.17) is 18.0 Å². The lowest BCUT2D eigenvalue weighted by atomic mass is 10.2. The molecule has 0 aromatic carbocycles. The van der Waals surface area contributed by atoms with Gasteiger partial charge in [0.1, 0.15) is 0 Å². The smallest absolute Gasteiger partial charge is 0.151 e. The third-order valence-electron chi connectivity index (χ3n) is 1.55.